The van der Waals surface area contributed by atoms with Crippen molar-refractivity contribution in [1.82, 2.24) is 5.32 Å². The van der Waals surface area contributed by atoms with Gasteiger partial charge in [-0.2, -0.15) is 0 Å². The van der Waals surface area contributed by atoms with Gasteiger partial charge in [0, 0.05) is 59.2 Å². The molecule has 0 saturated carbocycles. The van der Waals surface area contributed by atoms with Crippen LogP contribution in [-0.2, 0) is 57.0 Å². The lowest BCUT2D eigenvalue weighted by Crippen LogP contribution is -2.58. The third kappa shape index (κ3) is 10.5. The number of fused-ring (bicyclic) bond motifs is 2. The van der Waals surface area contributed by atoms with Crippen LogP contribution in [0.25, 0.3) is 0 Å². The van der Waals surface area contributed by atoms with E-state index in [1.165, 1.54) is 6.92 Å². The average molecular weight is 915 g/mol. The van der Waals surface area contributed by atoms with Crippen LogP contribution in [0.2, 0.25) is 0 Å². The molecular formula is C49H74N2O14. The molecule has 6 heterocycles. The largest absolute Gasteiger partial charge is 0.462 e. The molecule has 0 aromatic heterocycles. The summed E-state index contributed by atoms with van der Waals surface area (Å²) in [4.78, 5) is 26.3. The van der Waals surface area contributed by atoms with E-state index < -0.39 is 72.5 Å². The Morgan fingerprint density at radius 2 is 1.68 bits per heavy atom. The Balaban J connectivity index is 1.17. The van der Waals surface area contributed by atoms with Gasteiger partial charge in [0.2, 0.25) is 5.91 Å². The van der Waals surface area contributed by atoms with Gasteiger partial charge in [-0.05, 0) is 69.1 Å². The highest BCUT2D eigenvalue weighted by atomic mass is 16.7. The van der Waals surface area contributed by atoms with Gasteiger partial charge in [0.05, 0.1) is 55.4 Å². The Bertz CT molecular complexity index is 1870. The highest BCUT2D eigenvalue weighted by Crippen LogP contribution is 2.47. The molecule has 6 aliphatic heterocycles. The number of esters is 1. The number of aliphatic hydroxyl groups is 1. The minimum Gasteiger partial charge on any atom is -0.462 e. The van der Waals surface area contributed by atoms with Crippen LogP contribution in [0.1, 0.15) is 107 Å². The van der Waals surface area contributed by atoms with E-state index in [9.17, 15) is 19.9 Å². The normalized spacial score (nSPS) is 46.6. The van der Waals surface area contributed by atoms with Crippen LogP contribution < -0.4 is 5.32 Å². The number of carbonyl (C=O) groups is 2. The molecule has 1 aliphatic carbocycles. The third-order valence-corrected chi connectivity index (χ3v) is 14.7. The molecule has 2 bridgehead atoms. The van der Waals surface area contributed by atoms with Crippen LogP contribution in [0.3, 0.4) is 0 Å². The number of allylic oxidation sites excluding steroid dienone is 2. The molecule has 5 saturated heterocycles. The summed E-state index contributed by atoms with van der Waals surface area (Å²) in [5.74, 6) is -2.44. The molecule has 0 aromatic rings. The van der Waals surface area contributed by atoms with Gasteiger partial charge >= 0.3 is 5.97 Å². The van der Waals surface area contributed by atoms with E-state index in [4.69, 9.17) is 47.4 Å². The molecule has 1 spiro atoms. The van der Waals surface area contributed by atoms with Crippen LogP contribution in [0.4, 0.5) is 0 Å². The number of carbonyl (C=O) groups excluding carboxylic acids is 2. The first-order chi connectivity index (χ1) is 30.9. The molecule has 16 nitrogen and oxygen atoms in total. The van der Waals surface area contributed by atoms with E-state index >= 15 is 0 Å². The SMILES string of the molecule is CO[C@H]1C[C@H](O[C@@H]2[C@@H](C)OC(O[C@@H]3/C(C)=C/CC4CC(CC5(CC[C@@H](C)C(C(C)C)O5)O4)OC(=O)C4C=C(C)/C(=N\O)C5OC/C(=C\C=C\C3C)[C@@]45O)C[C@H]2OC)O[C@@H](C)[C@@H]1NC(C)=O. The van der Waals surface area contributed by atoms with Crippen molar-refractivity contribution < 1.29 is 67.3 Å². The summed E-state index contributed by atoms with van der Waals surface area (Å²) in [7, 11) is 3.27. The molecule has 65 heavy (non-hydrogen) atoms. The van der Waals surface area contributed by atoms with Gasteiger partial charge in [-0.15, -0.1) is 0 Å². The van der Waals surface area contributed by atoms with E-state index in [0.717, 1.165) is 12.0 Å². The van der Waals surface area contributed by atoms with Crippen LogP contribution in [0.15, 0.2) is 52.3 Å². The van der Waals surface area contributed by atoms with E-state index in [1.54, 1.807) is 33.3 Å². The summed E-state index contributed by atoms with van der Waals surface area (Å²) in [6, 6.07) is -0.315. The smallest absolute Gasteiger partial charge is 0.316 e. The predicted molar refractivity (Wildman–Crippen MR) is 238 cm³/mol. The lowest BCUT2D eigenvalue weighted by Gasteiger charge is -2.50. The predicted octanol–water partition coefficient (Wildman–Crippen LogP) is 5.82. The Morgan fingerprint density at radius 3 is 2.37 bits per heavy atom. The first kappa shape index (κ1) is 49.9. The third-order valence-electron chi connectivity index (χ3n) is 14.7. The number of nitrogens with zero attached hydrogens (tertiary/aromatic N) is 1. The van der Waals surface area contributed by atoms with Gasteiger partial charge in [-0.3, -0.25) is 9.59 Å². The number of amides is 1. The first-order valence-corrected chi connectivity index (χ1v) is 23.7. The van der Waals surface area contributed by atoms with Crippen LogP contribution >= 0.6 is 0 Å². The van der Waals surface area contributed by atoms with Gasteiger partial charge in [0.15, 0.2) is 18.4 Å². The topological polar surface area (TPSA) is 191 Å². The molecule has 364 valence electrons. The molecule has 18 atom stereocenters. The standard InChI is InChI=1S/C49H74N2O14/c1-25(2)43-28(5)17-18-48(65-43)23-35-20-34(64-48)16-15-27(4)44(26(3)13-12-14-33-24-58-46-41(51-55)29(6)19-36(47(53)61-35)49(33,46)54)62-40-22-38(57-11)45(31(8)60-40)63-39-21-37(56-10)42(30(7)59-39)50-32(9)52/h12-15,19,25-26,28,30-31,34-40,42-46,54-55H,16-18,20-24H2,1-11H3,(H,50,52)/b13-12+,27-15+,33-14+,51-41+/t26?,28-,30+,31-,34?,35?,36?,37+,38-,39+,40?,42+,43?,44+,45-,46?,48?,49-/m1/s1. The van der Waals surface area contributed by atoms with Crippen molar-refractivity contribution in [2.24, 2.45) is 28.8 Å². The number of hydrogen-bond acceptors (Lipinski definition) is 15. The summed E-state index contributed by atoms with van der Waals surface area (Å²) < 4.78 is 64.5. The summed E-state index contributed by atoms with van der Waals surface area (Å²) in [6.07, 6.45) is 7.27. The maximum Gasteiger partial charge on any atom is 0.316 e. The van der Waals surface area contributed by atoms with Gasteiger partial charge in [-0.25, -0.2) is 0 Å². The zero-order valence-corrected chi connectivity index (χ0v) is 40.1. The Labute approximate surface area is 384 Å². The Kier molecular flexibility index (Phi) is 15.9. The summed E-state index contributed by atoms with van der Waals surface area (Å²) in [5, 5.41) is 29.1. The summed E-state index contributed by atoms with van der Waals surface area (Å²) >= 11 is 0. The number of methoxy groups -OCH3 is 2. The zero-order valence-electron chi connectivity index (χ0n) is 40.1. The fourth-order valence-electron chi connectivity index (χ4n) is 11.3. The fourth-order valence-corrected chi connectivity index (χ4v) is 11.3. The van der Waals surface area contributed by atoms with Crippen molar-refractivity contribution in [1.29, 1.82) is 0 Å². The molecular weight excluding hydrogens is 841 g/mol. The van der Waals surface area contributed by atoms with Crippen LogP contribution in [-0.4, -0.2) is 140 Å². The number of rotatable bonds is 8. The summed E-state index contributed by atoms with van der Waals surface area (Å²) in [6.45, 7) is 17.7. The molecule has 16 heteroatoms. The van der Waals surface area contributed by atoms with Crippen LogP contribution in [0, 0.1) is 23.7 Å². The monoisotopic (exact) mass is 915 g/mol. The lowest BCUT2D eigenvalue weighted by atomic mass is 9.71. The maximum atomic E-state index is 14.4. The molecule has 3 N–H and O–H groups in total. The lowest BCUT2D eigenvalue weighted by molar-refractivity contribution is -0.340. The highest BCUT2D eigenvalue weighted by molar-refractivity contribution is 6.07. The first-order valence-electron chi connectivity index (χ1n) is 23.7. The molecule has 7 rings (SSSR count). The minimum absolute atomic E-state index is 0.00992. The number of hydrogen-bond donors (Lipinski definition) is 3. The maximum absolute atomic E-state index is 14.4. The second kappa shape index (κ2) is 20.7. The van der Waals surface area contributed by atoms with Gasteiger partial charge in [-0.1, -0.05) is 63.2 Å². The Hall–Kier alpha value is -3.03. The minimum atomic E-state index is -1.87. The van der Waals surface area contributed by atoms with Crippen molar-refractivity contribution in [3.8, 4) is 0 Å². The van der Waals surface area contributed by atoms with Crippen molar-refractivity contribution in [2.75, 3.05) is 20.8 Å². The van der Waals surface area contributed by atoms with Crippen molar-refractivity contribution >= 4 is 17.6 Å². The van der Waals surface area contributed by atoms with Crippen molar-refractivity contribution in [2.45, 2.75) is 198 Å². The molecule has 1 amide bonds. The van der Waals surface area contributed by atoms with Crippen LogP contribution in [0.5, 0.6) is 0 Å². The second-order valence-electron chi connectivity index (χ2n) is 19.9. The molecule has 5 fully saturated rings. The quantitative estimate of drug-likeness (QED) is 0.114. The molecule has 8 unspecified atom stereocenters. The Morgan fingerprint density at radius 1 is 0.969 bits per heavy atom. The van der Waals surface area contributed by atoms with E-state index in [-0.39, 0.29) is 60.5 Å². The van der Waals surface area contributed by atoms with E-state index in [1.807, 2.05) is 32.9 Å². The van der Waals surface area contributed by atoms with Gasteiger partial charge < -0.3 is 63.0 Å². The second-order valence-corrected chi connectivity index (χ2v) is 19.9. The van der Waals surface area contributed by atoms with Crippen molar-refractivity contribution in [3.05, 3.63) is 47.1 Å². The molecule has 7 aliphatic rings. The molecule has 0 aromatic carbocycles. The molecule has 0 radical (unpaired) electrons. The van der Waals surface area contributed by atoms with Crippen molar-refractivity contribution in [3.63, 3.8) is 0 Å². The highest BCUT2D eigenvalue weighted by Gasteiger charge is 2.60. The number of nitrogens with one attached hydrogen (secondary N) is 1. The van der Waals surface area contributed by atoms with E-state index in [0.29, 0.717) is 55.6 Å². The number of ether oxygens (including phenoxy) is 10. The number of oxime groups is 1. The van der Waals surface area contributed by atoms with Gasteiger partial charge in [0.1, 0.15) is 35.5 Å². The van der Waals surface area contributed by atoms with E-state index in [2.05, 4.69) is 44.2 Å². The fraction of sp³-hybridized carbons (Fsp3) is 0.776. The average Bonchev–Trinajstić information content (AvgIpc) is 3.59. The van der Waals surface area contributed by atoms with Gasteiger partial charge in [0.25, 0.3) is 0 Å². The zero-order chi connectivity index (χ0) is 47.0. The summed E-state index contributed by atoms with van der Waals surface area (Å²) in [5.41, 5.74) is 0.238.